The summed E-state index contributed by atoms with van der Waals surface area (Å²) in [5, 5.41) is 14.7. The Morgan fingerprint density at radius 2 is 2.10 bits per heavy atom. The molecule has 6 heteroatoms. The summed E-state index contributed by atoms with van der Waals surface area (Å²) in [7, 11) is 1.71. The van der Waals surface area contributed by atoms with Crippen LogP contribution in [0, 0.1) is 0 Å². The standard InChI is InChI=1S/C15H22N4O2/c1-19(15(20)17-12-7-3-2-4-8-12)13-9-5-6-11(10-13)14(16)18-21/h5-6,9-10,12,21H,2-4,7-8H2,1H3,(H2,16,18)(H,17,20). The number of benzene rings is 1. The molecule has 2 amide bonds. The van der Waals surface area contributed by atoms with Crippen LogP contribution >= 0.6 is 0 Å². The molecule has 0 saturated heterocycles. The van der Waals surface area contributed by atoms with Crippen LogP contribution in [0.3, 0.4) is 0 Å². The summed E-state index contributed by atoms with van der Waals surface area (Å²) in [5.41, 5.74) is 6.85. The molecule has 0 atom stereocenters. The number of anilines is 1. The van der Waals surface area contributed by atoms with Gasteiger partial charge in [0.05, 0.1) is 0 Å². The van der Waals surface area contributed by atoms with Crippen molar-refractivity contribution >= 4 is 17.6 Å². The zero-order valence-corrected chi connectivity index (χ0v) is 12.2. The number of carbonyl (C=O) groups excluding carboxylic acids is 1. The summed E-state index contributed by atoms with van der Waals surface area (Å²) < 4.78 is 0. The lowest BCUT2D eigenvalue weighted by Gasteiger charge is -2.26. The first-order chi connectivity index (χ1) is 10.1. The normalized spacial score (nSPS) is 16.5. The van der Waals surface area contributed by atoms with Crippen LogP contribution in [0.25, 0.3) is 0 Å². The molecule has 1 aliphatic rings. The molecular weight excluding hydrogens is 268 g/mol. The summed E-state index contributed by atoms with van der Waals surface area (Å²) in [5.74, 6) is 0.0259. The molecule has 1 aromatic carbocycles. The zero-order valence-electron chi connectivity index (χ0n) is 12.2. The summed E-state index contributed by atoms with van der Waals surface area (Å²) in [4.78, 5) is 13.8. The van der Waals surface area contributed by atoms with Crippen molar-refractivity contribution in [3.8, 4) is 0 Å². The van der Waals surface area contributed by atoms with E-state index in [0.717, 1.165) is 12.8 Å². The highest BCUT2D eigenvalue weighted by molar-refractivity contribution is 5.99. The molecule has 6 nitrogen and oxygen atoms in total. The molecule has 21 heavy (non-hydrogen) atoms. The third-order valence-corrected chi connectivity index (χ3v) is 3.87. The highest BCUT2D eigenvalue weighted by Crippen LogP contribution is 2.19. The lowest BCUT2D eigenvalue weighted by molar-refractivity contribution is 0.239. The fourth-order valence-electron chi connectivity index (χ4n) is 2.57. The van der Waals surface area contributed by atoms with Crippen LogP contribution < -0.4 is 16.0 Å². The Morgan fingerprint density at radius 1 is 1.38 bits per heavy atom. The number of carbonyl (C=O) groups is 1. The van der Waals surface area contributed by atoms with Crippen molar-refractivity contribution in [1.82, 2.24) is 5.32 Å². The van der Waals surface area contributed by atoms with Gasteiger partial charge in [-0.05, 0) is 25.0 Å². The van der Waals surface area contributed by atoms with Crippen molar-refractivity contribution in [1.29, 1.82) is 0 Å². The predicted molar refractivity (Wildman–Crippen MR) is 82.8 cm³/mol. The number of hydrogen-bond acceptors (Lipinski definition) is 3. The minimum absolute atomic E-state index is 0.0259. The quantitative estimate of drug-likeness (QED) is 0.345. The third-order valence-electron chi connectivity index (χ3n) is 3.87. The second kappa shape index (κ2) is 6.97. The number of nitrogens with zero attached hydrogens (tertiary/aromatic N) is 2. The zero-order chi connectivity index (χ0) is 15.2. The molecule has 114 valence electrons. The Balaban J connectivity index is 2.04. The van der Waals surface area contributed by atoms with E-state index in [1.54, 1.807) is 30.1 Å². The molecule has 1 aliphatic carbocycles. The van der Waals surface area contributed by atoms with E-state index in [1.165, 1.54) is 19.3 Å². The number of rotatable bonds is 3. The van der Waals surface area contributed by atoms with Crippen molar-refractivity contribution in [3.05, 3.63) is 29.8 Å². The largest absolute Gasteiger partial charge is 0.409 e. The molecule has 1 aromatic rings. The fraction of sp³-hybridized carbons (Fsp3) is 0.467. The van der Waals surface area contributed by atoms with Gasteiger partial charge >= 0.3 is 6.03 Å². The van der Waals surface area contributed by atoms with Crippen molar-refractivity contribution in [3.63, 3.8) is 0 Å². The summed E-state index contributed by atoms with van der Waals surface area (Å²) in [6.07, 6.45) is 5.69. The average Bonchev–Trinajstić information content (AvgIpc) is 2.54. The molecule has 2 rings (SSSR count). The van der Waals surface area contributed by atoms with Gasteiger partial charge in [0.25, 0.3) is 0 Å². The number of oxime groups is 1. The number of nitrogens with one attached hydrogen (secondary N) is 1. The Labute approximate surface area is 124 Å². The van der Waals surface area contributed by atoms with Gasteiger partial charge in [0, 0.05) is 24.3 Å². The highest BCUT2D eigenvalue weighted by Gasteiger charge is 2.18. The van der Waals surface area contributed by atoms with Crippen LogP contribution in [0.2, 0.25) is 0 Å². The smallest absolute Gasteiger partial charge is 0.321 e. The number of hydrogen-bond donors (Lipinski definition) is 3. The molecule has 0 aromatic heterocycles. The minimum atomic E-state index is -0.126. The lowest BCUT2D eigenvalue weighted by Crippen LogP contribution is -2.44. The van der Waals surface area contributed by atoms with Gasteiger partial charge in [-0.15, -0.1) is 0 Å². The van der Waals surface area contributed by atoms with E-state index in [1.807, 2.05) is 6.07 Å². The fourth-order valence-corrected chi connectivity index (χ4v) is 2.57. The topological polar surface area (TPSA) is 91.0 Å². The van der Waals surface area contributed by atoms with Crippen LogP contribution in [-0.4, -0.2) is 30.2 Å². The number of urea groups is 1. The van der Waals surface area contributed by atoms with Gasteiger partial charge in [0.1, 0.15) is 0 Å². The Bertz CT molecular complexity index is 524. The molecule has 4 N–H and O–H groups in total. The van der Waals surface area contributed by atoms with Gasteiger partial charge in [-0.25, -0.2) is 4.79 Å². The molecule has 0 bridgehead atoms. The number of nitrogens with two attached hydrogens (primary N) is 1. The lowest BCUT2D eigenvalue weighted by atomic mass is 9.96. The van der Waals surface area contributed by atoms with Gasteiger partial charge in [-0.3, -0.25) is 4.90 Å². The van der Waals surface area contributed by atoms with Gasteiger partial charge < -0.3 is 16.3 Å². The second-order valence-electron chi connectivity index (χ2n) is 5.38. The highest BCUT2D eigenvalue weighted by atomic mass is 16.4. The van der Waals surface area contributed by atoms with Crippen molar-refractivity contribution in [2.24, 2.45) is 10.9 Å². The number of amides is 2. The molecule has 1 saturated carbocycles. The van der Waals surface area contributed by atoms with Crippen LogP contribution in [0.1, 0.15) is 37.7 Å². The Hall–Kier alpha value is -2.24. The molecular formula is C15H22N4O2. The van der Waals surface area contributed by atoms with Crippen molar-refractivity contribution < 1.29 is 10.0 Å². The van der Waals surface area contributed by atoms with Crippen LogP contribution in [-0.2, 0) is 0 Å². The predicted octanol–water partition coefficient (Wildman–Crippen LogP) is 2.26. The van der Waals surface area contributed by atoms with Crippen LogP contribution in [0.4, 0.5) is 10.5 Å². The average molecular weight is 290 g/mol. The molecule has 0 radical (unpaired) electrons. The van der Waals surface area contributed by atoms with E-state index in [4.69, 9.17) is 10.9 Å². The van der Waals surface area contributed by atoms with Gasteiger partial charge in [-0.2, -0.15) is 0 Å². The van der Waals surface area contributed by atoms with Crippen LogP contribution in [0.15, 0.2) is 29.4 Å². The maximum Gasteiger partial charge on any atom is 0.321 e. The van der Waals surface area contributed by atoms with E-state index in [0.29, 0.717) is 11.3 Å². The molecule has 0 spiro atoms. The van der Waals surface area contributed by atoms with E-state index in [2.05, 4.69) is 10.5 Å². The van der Waals surface area contributed by atoms with E-state index in [9.17, 15) is 4.79 Å². The maximum absolute atomic E-state index is 12.3. The second-order valence-corrected chi connectivity index (χ2v) is 5.38. The molecule has 0 heterocycles. The maximum atomic E-state index is 12.3. The third kappa shape index (κ3) is 3.87. The molecule has 0 aliphatic heterocycles. The first-order valence-electron chi connectivity index (χ1n) is 7.24. The summed E-state index contributed by atoms with van der Waals surface area (Å²) in [6, 6.07) is 7.17. The van der Waals surface area contributed by atoms with E-state index in [-0.39, 0.29) is 17.9 Å². The Kier molecular flexibility index (Phi) is 5.03. The monoisotopic (exact) mass is 290 g/mol. The number of amidine groups is 1. The SMILES string of the molecule is CN(C(=O)NC1CCCCC1)c1cccc(C(N)=NO)c1. The van der Waals surface area contributed by atoms with Crippen LogP contribution in [0.5, 0.6) is 0 Å². The minimum Gasteiger partial charge on any atom is -0.409 e. The summed E-state index contributed by atoms with van der Waals surface area (Å²) >= 11 is 0. The first-order valence-corrected chi connectivity index (χ1v) is 7.24. The van der Waals surface area contributed by atoms with Crippen molar-refractivity contribution in [2.45, 2.75) is 38.1 Å². The van der Waals surface area contributed by atoms with Gasteiger partial charge in [0.15, 0.2) is 5.84 Å². The molecule has 1 fully saturated rings. The molecule has 0 unspecified atom stereocenters. The Morgan fingerprint density at radius 3 is 2.76 bits per heavy atom. The summed E-state index contributed by atoms with van der Waals surface area (Å²) in [6.45, 7) is 0. The van der Waals surface area contributed by atoms with E-state index >= 15 is 0 Å². The van der Waals surface area contributed by atoms with E-state index < -0.39 is 0 Å². The van der Waals surface area contributed by atoms with Gasteiger partial charge in [0.2, 0.25) is 0 Å². The van der Waals surface area contributed by atoms with Crippen molar-refractivity contribution in [2.75, 3.05) is 11.9 Å². The first kappa shape index (κ1) is 15.2. The van der Waals surface area contributed by atoms with Gasteiger partial charge in [-0.1, -0.05) is 36.6 Å².